The van der Waals surface area contributed by atoms with Crippen molar-refractivity contribution in [2.24, 2.45) is 11.5 Å². The maximum atomic E-state index is 10.1. The van der Waals surface area contributed by atoms with Crippen molar-refractivity contribution >= 4 is 5.97 Å². The van der Waals surface area contributed by atoms with E-state index < -0.39 is 12.0 Å². The smallest absolute Gasteiger partial charge is 0.324 e. The fourth-order valence-electron chi connectivity index (χ4n) is 0.359. The van der Waals surface area contributed by atoms with Gasteiger partial charge in [0.1, 0.15) is 6.04 Å². The van der Waals surface area contributed by atoms with Crippen LogP contribution in [0.4, 0.5) is 0 Å². The molecule has 0 rings (SSSR count). The van der Waals surface area contributed by atoms with Gasteiger partial charge in [0.25, 0.3) is 0 Å². The van der Waals surface area contributed by atoms with E-state index in [1.54, 1.807) is 0 Å². The molecular formula is C6H12N2O3. The molecule has 0 heterocycles. The Labute approximate surface area is 64.6 Å². The molecule has 0 radical (unpaired) electrons. The summed E-state index contributed by atoms with van der Waals surface area (Å²) >= 11 is 0. The molecular weight excluding hydrogens is 148 g/mol. The van der Waals surface area contributed by atoms with E-state index in [4.69, 9.17) is 21.3 Å². The zero-order valence-corrected chi connectivity index (χ0v) is 6.06. The van der Waals surface area contributed by atoms with Gasteiger partial charge in [-0.3, -0.25) is 4.79 Å². The summed E-state index contributed by atoms with van der Waals surface area (Å²) in [6.45, 7) is 0.759. The maximum absolute atomic E-state index is 10.1. The Balaban J connectivity index is 3.48. The SMILES string of the molecule is NCCO/C=C\[C@H](N)C(=O)O. The molecule has 0 aliphatic heterocycles. The van der Waals surface area contributed by atoms with E-state index >= 15 is 0 Å². The molecule has 0 fully saturated rings. The average molecular weight is 160 g/mol. The van der Waals surface area contributed by atoms with Crippen molar-refractivity contribution in [1.82, 2.24) is 0 Å². The van der Waals surface area contributed by atoms with Crippen LogP contribution in [0.5, 0.6) is 0 Å². The van der Waals surface area contributed by atoms with Crippen LogP contribution in [-0.2, 0) is 9.53 Å². The summed E-state index contributed by atoms with van der Waals surface area (Å²) in [7, 11) is 0. The third kappa shape index (κ3) is 5.38. The van der Waals surface area contributed by atoms with Gasteiger partial charge in [-0.15, -0.1) is 0 Å². The summed E-state index contributed by atoms with van der Waals surface area (Å²) in [4.78, 5) is 10.1. The van der Waals surface area contributed by atoms with Crippen LogP contribution in [0, 0.1) is 0 Å². The molecule has 5 nitrogen and oxygen atoms in total. The second-order valence-electron chi connectivity index (χ2n) is 1.85. The molecule has 11 heavy (non-hydrogen) atoms. The summed E-state index contributed by atoms with van der Waals surface area (Å²) < 4.78 is 4.75. The quantitative estimate of drug-likeness (QED) is 0.350. The molecule has 0 aromatic carbocycles. The Morgan fingerprint density at radius 2 is 2.36 bits per heavy atom. The highest BCUT2D eigenvalue weighted by Gasteiger charge is 2.05. The van der Waals surface area contributed by atoms with Crippen molar-refractivity contribution in [1.29, 1.82) is 0 Å². The molecule has 0 unspecified atom stereocenters. The second-order valence-corrected chi connectivity index (χ2v) is 1.85. The van der Waals surface area contributed by atoms with E-state index in [0.717, 1.165) is 0 Å². The number of rotatable bonds is 5. The minimum absolute atomic E-state index is 0.364. The highest BCUT2D eigenvalue weighted by Crippen LogP contribution is 1.83. The number of hydrogen-bond acceptors (Lipinski definition) is 4. The number of hydrogen-bond donors (Lipinski definition) is 3. The molecule has 0 aliphatic carbocycles. The molecule has 0 spiro atoms. The Bertz CT molecular complexity index is 147. The normalized spacial score (nSPS) is 13.3. The van der Waals surface area contributed by atoms with Crippen LogP contribution in [0.1, 0.15) is 0 Å². The number of carboxylic acids is 1. The number of ether oxygens (including phenoxy) is 1. The van der Waals surface area contributed by atoms with Gasteiger partial charge in [-0.2, -0.15) is 0 Å². The third-order valence-electron chi connectivity index (χ3n) is 0.903. The Kier molecular flexibility index (Phi) is 5.14. The fourth-order valence-corrected chi connectivity index (χ4v) is 0.359. The molecule has 0 saturated heterocycles. The molecule has 0 aromatic heterocycles. The lowest BCUT2D eigenvalue weighted by Crippen LogP contribution is -2.27. The lowest BCUT2D eigenvalue weighted by atomic mass is 10.3. The first-order valence-electron chi connectivity index (χ1n) is 3.15. The van der Waals surface area contributed by atoms with Gasteiger partial charge in [0.15, 0.2) is 0 Å². The Hall–Kier alpha value is -1.07. The third-order valence-corrected chi connectivity index (χ3v) is 0.903. The van der Waals surface area contributed by atoms with Crippen LogP contribution >= 0.6 is 0 Å². The van der Waals surface area contributed by atoms with Crippen molar-refractivity contribution in [2.75, 3.05) is 13.2 Å². The summed E-state index contributed by atoms with van der Waals surface area (Å²) in [5.41, 5.74) is 10.2. The van der Waals surface area contributed by atoms with Crippen molar-refractivity contribution in [2.45, 2.75) is 6.04 Å². The molecule has 0 amide bonds. The lowest BCUT2D eigenvalue weighted by molar-refractivity contribution is -0.137. The number of aliphatic carboxylic acids is 1. The highest BCUT2D eigenvalue weighted by molar-refractivity contribution is 5.75. The van der Waals surface area contributed by atoms with Gasteiger partial charge in [0.05, 0.1) is 12.9 Å². The zero-order valence-electron chi connectivity index (χ0n) is 6.06. The molecule has 64 valence electrons. The molecule has 5 N–H and O–H groups in total. The Morgan fingerprint density at radius 1 is 1.73 bits per heavy atom. The second kappa shape index (κ2) is 5.70. The van der Waals surface area contributed by atoms with Crippen molar-refractivity contribution < 1.29 is 14.6 Å². The van der Waals surface area contributed by atoms with E-state index in [0.29, 0.717) is 13.2 Å². The van der Waals surface area contributed by atoms with Crippen LogP contribution in [0.3, 0.4) is 0 Å². The largest absolute Gasteiger partial charge is 0.500 e. The van der Waals surface area contributed by atoms with Crippen LogP contribution in [0.25, 0.3) is 0 Å². The predicted octanol–water partition coefficient (Wildman–Crippen LogP) is -1.11. The van der Waals surface area contributed by atoms with E-state index in [1.807, 2.05) is 0 Å². The standard InChI is InChI=1S/C6H12N2O3/c7-2-4-11-3-1-5(8)6(9)10/h1,3,5H,2,4,7-8H2,(H,9,10)/b3-1-/t5-/m0/s1. The number of nitrogens with two attached hydrogens (primary N) is 2. The van der Waals surface area contributed by atoms with Gasteiger partial charge in [-0.25, -0.2) is 0 Å². The lowest BCUT2D eigenvalue weighted by Gasteiger charge is -1.98. The van der Waals surface area contributed by atoms with Crippen molar-refractivity contribution in [3.8, 4) is 0 Å². The number of carboxylic acid groups (broad SMARTS) is 1. The van der Waals surface area contributed by atoms with Gasteiger partial charge < -0.3 is 21.3 Å². The molecule has 0 saturated carbocycles. The van der Waals surface area contributed by atoms with E-state index in [2.05, 4.69) is 0 Å². The highest BCUT2D eigenvalue weighted by atomic mass is 16.5. The first-order valence-corrected chi connectivity index (χ1v) is 3.15. The fraction of sp³-hybridized carbons (Fsp3) is 0.500. The first kappa shape index (κ1) is 9.93. The van der Waals surface area contributed by atoms with E-state index in [9.17, 15) is 4.79 Å². The van der Waals surface area contributed by atoms with Gasteiger partial charge in [-0.1, -0.05) is 0 Å². The molecule has 0 aliphatic rings. The zero-order chi connectivity index (χ0) is 8.69. The van der Waals surface area contributed by atoms with Gasteiger partial charge in [0.2, 0.25) is 0 Å². The van der Waals surface area contributed by atoms with Crippen LogP contribution < -0.4 is 11.5 Å². The van der Waals surface area contributed by atoms with Gasteiger partial charge >= 0.3 is 5.97 Å². The summed E-state index contributed by atoms with van der Waals surface area (Å²) in [6.07, 6.45) is 2.49. The Morgan fingerprint density at radius 3 is 2.82 bits per heavy atom. The minimum Gasteiger partial charge on any atom is -0.500 e. The average Bonchev–Trinajstić information content (AvgIpc) is 1.97. The molecule has 0 bridgehead atoms. The van der Waals surface area contributed by atoms with Crippen molar-refractivity contribution in [3.63, 3.8) is 0 Å². The van der Waals surface area contributed by atoms with Crippen LogP contribution in [0.2, 0.25) is 0 Å². The summed E-state index contributed by atoms with van der Waals surface area (Å²) in [6, 6.07) is -1.01. The molecule has 0 aromatic rings. The van der Waals surface area contributed by atoms with Crippen LogP contribution in [-0.4, -0.2) is 30.3 Å². The van der Waals surface area contributed by atoms with E-state index in [1.165, 1.54) is 12.3 Å². The minimum atomic E-state index is -1.09. The summed E-state index contributed by atoms with van der Waals surface area (Å²) in [5.74, 6) is -1.09. The predicted molar refractivity (Wildman–Crippen MR) is 39.8 cm³/mol. The van der Waals surface area contributed by atoms with Crippen LogP contribution in [0.15, 0.2) is 12.3 Å². The molecule has 5 heteroatoms. The monoisotopic (exact) mass is 160 g/mol. The van der Waals surface area contributed by atoms with Gasteiger partial charge in [-0.05, 0) is 6.08 Å². The van der Waals surface area contributed by atoms with Crippen molar-refractivity contribution in [3.05, 3.63) is 12.3 Å². The first-order chi connectivity index (χ1) is 5.18. The van der Waals surface area contributed by atoms with Gasteiger partial charge in [0, 0.05) is 6.54 Å². The topological polar surface area (TPSA) is 98.6 Å². The maximum Gasteiger partial charge on any atom is 0.324 e. The van der Waals surface area contributed by atoms with E-state index in [-0.39, 0.29) is 0 Å². The molecule has 1 atom stereocenters. The summed E-state index contributed by atoms with van der Waals surface area (Å²) in [5, 5.41) is 8.28. The number of carbonyl (C=O) groups is 1.